The van der Waals surface area contributed by atoms with Gasteiger partial charge in [-0.25, -0.2) is 4.39 Å². The minimum absolute atomic E-state index is 0.0690. The molecule has 0 aliphatic heterocycles. The molecule has 0 saturated carbocycles. The predicted octanol–water partition coefficient (Wildman–Crippen LogP) is 5.43. The zero-order valence-corrected chi connectivity index (χ0v) is 16.4. The van der Waals surface area contributed by atoms with Gasteiger partial charge in [-0.15, -0.1) is 11.8 Å². The summed E-state index contributed by atoms with van der Waals surface area (Å²) < 4.78 is 19.3. The van der Waals surface area contributed by atoms with Gasteiger partial charge in [0.1, 0.15) is 11.1 Å². The van der Waals surface area contributed by atoms with Crippen LogP contribution in [0.5, 0.6) is 0 Å². The lowest BCUT2D eigenvalue weighted by Gasteiger charge is -2.16. The quantitative estimate of drug-likeness (QED) is 0.329. The first-order valence-corrected chi connectivity index (χ1v) is 9.80. The number of carbonyl (C=O) groups excluding carboxylic acids is 2. The van der Waals surface area contributed by atoms with Crippen LogP contribution in [0.2, 0.25) is 5.02 Å². The van der Waals surface area contributed by atoms with Crippen molar-refractivity contribution in [2.75, 3.05) is 11.9 Å². The number of halogens is 2. The van der Waals surface area contributed by atoms with Gasteiger partial charge in [-0.05, 0) is 31.4 Å². The second-order valence-electron chi connectivity index (χ2n) is 5.60. The summed E-state index contributed by atoms with van der Waals surface area (Å²) in [6.07, 6.45) is 3.30. The third-order valence-electron chi connectivity index (χ3n) is 3.42. The number of carbonyl (C=O) groups is 2. The van der Waals surface area contributed by atoms with Crippen LogP contribution in [0.4, 0.5) is 10.1 Å². The molecule has 140 valence electrons. The van der Waals surface area contributed by atoms with E-state index >= 15 is 0 Å². The van der Waals surface area contributed by atoms with Crippen LogP contribution in [0.3, 0.4) is 0 Å². The zero-order chi connectivity index (χ0) is 18.8. The number of hydrogen-bond donors (Lipinski definition) is 1. The van der Waals surface area contributed by atoms with Crippen molar-refractivity contribution in [2.45, 2.75) is 63.0 Å². The molecule has 1 N–H and O–H groups in total. The average molecular weight is 390 g/mol. The standard InChI is InChI=1S/C18H25ClFNO3S/c1-4-7-9-24-18(23)15(6-3)25-16-11-14(13(20)10-12(16)19)21-17(22)8-5-2/h10-11,15H,4-9H2,1-3H3,(H,21,22). The van der Waals surface area contributed by atoms with Gasteiger partial charge in [0.25, 0.3) is 0 Å². The SMILES string of the molecule is CCCCOC(=O)C(CC)Sc1cc(NC(=O)CCC)c(F)cc1Cl. The fraction of sp³-hybridized carbons (Fsp3) is 0.556. The number of thioether (sulfide) groups is 1. The molecule has 1 unspecified atom stereocenters. The molecule has 1 aromatic carbocycles. The molecule has 1 aromatic rings. The Balaban J connectivity index is 2.88. The maximum Gasteiger partial charge on any atom is 0.319 e. The van der Waals surface area contributed by atoms with E-state index in [1.165, 1.54) is 17.8 Å². The van der Waals surface area contributed by atoms with Crippen LogP contribution in [0, 0.1) is 5.82 Å². The number of unbranched alkanes of at least 4 members (excludes halogenated alkanes) is 1. The molecule has 0 bridgehead atoms. The second-order valence-corrected chi connectivity index (χ2v) is 7.25. The maximum atomic E-state index is 14.0. The highest BCUT2D eigenvalue weighted by Crippen LogP contribution is 2.35. The van der Waals surface area contributed by atoms with Gasteiger partial charge in [0.2, 0.25) is 5.91 Å². The van der Waals surface area contributed by atoms with Crippen LogP contribution in [-0.4, -0.2) is 23.7 Å². The number of nitrogens with one attached hydrogen (secondary N) is 1. The summed E-state index contributed by atoms with van der Waals surface area (Å²) in [6.45, 7) is 6.16. The molecule has 25 heavy (non-hydrogen) atoms. The van der Waals surface area contributed by atoms with E-state index in [9.17, 15) is 14.0 Å². The molecular weight excluding hydrogens is 365 g/mol. The molecule has 1 rings (SSSR count). The van der Waals surface area contributed by atoms with Gasteiger partial charge in [0, 0.05) is 11.3 Å². The monoisotopic (exact) mass is 389 g/mol. The van der Waals surface area contributed by atoms with E-state index in [-0.39, 0.29) is 22.6 Å². The highest BCUT2D eigenvalue weighted by atomic mass is 35.5. The van der Waals surface area contributed by atoms with E-state index in [1.54, 1.807) is 0 Å². The zero-order valence-electron chi connectivity index (χ0n) is 14.9. The van der Waals surface area contributed by atoms with Crippen molar-refractivity contribution < 1.29 is 18.7 Å². The van der Waals surface area contributed by atoms with Crippen molar-refractivity contribution in [3.05, 3.63) is 23.0 Å². The number of ether oxygens (including phenoxy) is 1. The first-order chi connectivity index (χ1) is 11.9. The number of benzene rings is 1. The largest absolute Gasteiger partial charge is 0.465 e. The minimum atomic E-state index is -0.600. The number of esters is 1. The van der Waals surface area contributed by atoms with E-state index in [4.69, 9.17) is 16.3 Å². The van der Waals surface area contributed by atoms with E-state index < -0.39 is 11.1 Å². The van der Waals surface area contributed by atoms with Crippen molar-refractivity contribution in [1.29, 1.82) is 0 Å². The Morgan fingerprint density at radius 1 is 1.28 bits per heavy atom. The van der Waals surface area contributed by atoms with Crippen molar-refractivity contribution in [3.8, 4) is 0 Å². The Bertz CT molecular complexity index is 598. The number of rotatable bonds is 10. The number of hydrogen-bond acceptors (Lipinski definition) is 4. The topological polar surface area (TPSA) is 55.4 Å². The summed E-state index contributed by atoms with van der Waals surface area (Å²) in [5.41, 5.74) is 0.0690. The van der Waals surface area contributed by atoms with E-state index in [0.29, 0.717) is 30.8 Å². The lowest BCUT2D eigenvalue weighted by molar-refractivity contribution is -0.143. The summed E-state index contributed by atoms with van der Waals surface area (Å²) in [5, 5.41) is 2.31. The lowest BCUT2D eigenvalue weighted by Crippen LogP contribution is -2.20. The summed E-state index contributed by atoms with van der Waals surface area (Å²) in [4.78, 5) is 24.4. The van der Waals surface area contributed by atoms with Crippen LogP contribution >= 0.6 is 23.4 Å². The normalized spacial score (nSPS) is 11.9. The molecule has 0 aliphatic rings. The minimum Gasteiger partial charge on any atom is -0.465 e. The third kappa shape index (κ3) is 7.24. The molecule has 1 atom stereocenters. The van der Waals surface area contributed by atoms with Crippen molar-refractivity contribution in [1.82, 2.24) is 0 Å². The number of anilines is 1. The molecule has 4 nitrogen and oxygen atoms in total. The van der Waals surface area contributed by atoms with Gasteiger partial charge in [0.05, 0.1) is 17.3 Å². The summed E-state index contributed by atoms with van der Waals surface area (Å²) in [5.74, 6) is -1.17. The fourth-order valence-electron chi connectivity index (χ4n) is 2.02. The van der Waals surface area contributed by atoms with Gasteiger partial charge in [-0.3, -0.25) is 9.59 Å². The molecule has 0 aromatic heterocycles. The summed E-state index contributed by atoms with van der Waals surface area (Å²) in [7, 11) is 0. The van der Waals surface area contributed by atoms with Gasteiger partial charge in [-0.1, -0.05) is 38.8 Å². The molecule has 0 fully saturated rings. The van der Waals surface area contributed by atoms with Gasteiger partial charge in [-0.2, -0.15) is 0 Å². The van der Waals surface area contributed by atoms with Crippen LogP contribution in [-0.2, 0) is 14.3 Å². The Kier molecular flexibility index (Phi) is 9.90. The van der Waals surface area contributed by atoms with Crippen molar-refractivity contribution in [2.24, 2.45) is 0 Å². The second kappa shape index (κ2) is 11.4. The molecule has 0 heterocycles. The Hall–Kier alpha value is -1.27. The van der Waals surface area contributed by atoms with E-state index in [0.717, 1.165) is 18.9 Å². The Morgan fingerprint density at radius 2 is 2.00 bits per heavy atom. The molecule has 0 saturated heterocycles. The van der Waals surface area contributed by atoms with Crippen LogP contribution in [0.25, 0.3) is 0 Å². The van der Waals surface area contributed by atoms with Crippen molar-refractivity contribution in [3.63, 3.8) is 0 Å². The van der Waals surface area contributed by atoms with Crippen molar-refractivity contribution >= 4 is 40.9 Å². The van der Waals surface area contributed by atoms with Crippen LogP contribution in [0.1, 0.15) is 52.9 Å². The molecule has 0 aliphatic carbocycles. The van der Waals surface area contributed by atoms with E-state index in [2.05, 4.69) is 5.32 Å². The predicted molar refractivity (Wildman–Crippen MR) is 101 cm³/mol. The molecule has 1 amide bonds. The average Bonchev–Trinajstić information content (AvgIpc) is 2.56. The molecule has 7 heteroatoms. The van der Waals surface area contributed by atoms with E-state index in [1.807, 2.05) is 20.8 Å². The fourth-order valence-corrected chi connectivity index (χ4v) is 3.30. The first-order valence-electron chi connectivity index (χ1n) is 8.55. The highest BCUT2D eigenvalue weighted by Gasteiger charge is 2.22. The third-order valence-corrected chi connectivity index (χ3v) is 5.24. The summed E-state index contributed by atoms with van der Waals surface area (Å²) in [6, 6.07) is 2.62. The maximum absolute atomic E-state index is 14.0. The number of amides is 1. The smallest absolute Gasteiger partial charge is 0.319 e. The molecular formula is C18H25ClFNO3S. The molecule has 0 radical (unpaired) electrons. The highest BCUT2D eigenvalue weighted by molar-refractivity contribution is 8.00. The Labute approximate surface area is 157 Å². The van der Waals surface area contributed by atoms with Gasteiger partial charge < -0.3 is 10.1 Å². The van der Waals surface area contributed by atoms with Gasteiger partial charge >= 0.3 is 5.97 Å². The van der Waals surface area contributed by atoms with Crippen LogP contribution in [0.15, 0.2) is 17.0 Å². The first kappa shape index (κ1) is 21.8. The lowest BCUT2D eigenvalue weighted by atomic mass is 10.2. The summed E-state index contributed by atoms with van der Waals surface area (Å²) >= 11 is 7.33. The Morgan fingerprint density at radius 3 is 2.60 bits per heavy atom. The molecule has 0 spiro atoms. The van der Waals surface area contributed by atoms with Gasteiger partial charge in [0.15, 0.2) is 0 Å². The van der Waals surface area contributed by atoms with Crippen LogP contribution < -0.4 is 5.32 Å².